The Bertz CT molecular complexity index is 656. The highest BCUT2D eigenvalue weighted by Crippen LogP contribution is 2.30. The molecule has 0 aliphatic rings. The van der Waals surface area contributed by atoms with Crippen molar-refractivity contribution in [2.75, 3.05) is 6.61 Å². The van der Waals surface area contributed by atoms with Gasteiger partial charge < -0.3 is 9.47 Å². The van der Waals surface area contributed by atoms with Crippen LogP contribution in [0.4, 0.5) is 0 Å². The van der Waals surface area contributed by atoms with Crippen LogP contribution in [-0.2, 0) is 20.9 Å². The van der Waals surface area contributed by atoms with E-state index in [4.69, 9.17) is 21.1 Å². The number of esters is 1. The lowest BCUT2D eigenvalue weighted by molar-refractivity contribution is -0.156. The average molecular weight is 338 g/mol. The van der Waals surface area contributed by atoms with Crippen molar-refractivity contribution in [1.82, 2.24) is 4.98 Å². The molecule has 1 aromatic carbocycles. The zero-order valence-corrected chi connectivity index (χ0v) is 13.7. The molecule has 22 heavy (non-hydrogen) atoms. The van der Waals surface area contributed by atoms with E-state index in [9.17, 15) is 4.79 Å². The van der Waals surface area contributed by atoms with E-state index in [1.54, 1.807) is 13.0 Å². The van der Waals surface area contributed by atoms with Crippen molar-refractivity contribution >= 4 is 28.9 Å². The number of hydrogen-bond acceptors (Lipinski definition) is 5. The molecule has 0 fully saturated rings. The van der Waals surface area contributed by atoms with E-state index in [0.29, 0.717) is 17.3 Å². The molecule has 2 aromatic rings. The molecule has 0 bridgehead atoms. The van der Waals surface area contributed by atoms with Gasteiger partial charge in [-0.25, -0.2) is 9.78 Å². The lowest BCUT2D eigenvalue weighted by Gasteiger charge is -2.10. The highest BCUT2D eigenvalue weighted by atomic mass is 35.5. The highest BCUT2D eigenvalue weighted by Gasteiger charge is 2.15. The van der Waals surface area contributed by atoms with Gasteiger partial charge in [0, 0.05) is 10.9 Å². The molecule has 0 N–H and O–H groups in total. The molecule has 0 spiro atoms. The largest absolute Gasteiger partial charge is 0.457 e. The number of thiazole rings is 1. The normalized spacial score (nSPS) is 11.9. The molecule has 0 amide bonds. The van der Waals surface area contributed by atoms with Gasteiger partial charge >= 0.3 is 5.97 Å². The Labute approximate surface area is 138 Å². The Balaban J connectivity index is 1.94. The third-order valence-corrected chi connectivity index (χ3v) is 4.07. The molecule has 6 heteroatoms. The minimum Gasteiger partial charge on any atom is -0.457 e. The summed E-state index contributed by atoms with van der Waals surface area (Å²) in [6, 6.07) is 7.49. The van der Waals surface area contributed by atoms with E-state index in [2.05, 4.69) is 11.6 Å². The quantitative estimate of drug-likeness (QED) is 0.564. The van der Waals surface area contributed by atoms with Crippen LogP contribution in [0.5, 0.6) is 0 Å². The van der Waals surface area contributed by atoms with Gasteiger partial charge in [-0.3, -0.25) is 0 Å². The van der Waals surface area contributed by atoms with Gasteiger partial charge in [-0.2, -0.15) is 0 Å². The van der Waals surface area contributed by atoms with E-state index < -0.39 is 12.1 Å². The van der Waals surface area contributed by atoms with Gasteiger partial charge in [0.25, 0.3) is 0 Å². The number of benzene rings is 1. The Kier molecular flexibility index (Phi) is 6.12. The lowest BCUT2D eigenvalue weighted by Crippen LogP contribution is -2.23. The second-order valence-electron chi connectivity index (χ2n) is 4.50. The molecule has 2 rings (SSSR count). The van der Waals surface area contributed by atoms with Crippen molar-refractivity contribution in [1.29, 1.82) is 0 Å². The van der Waals surface area contributed by atoms with Crippen LogP contribution in [0, 0.1) is 0 Å². The minimum absolute atomic E-state index is 0.113. The summed E-state index contributed by atoms with van der Waals surface area (Å²) >= 11 is 7.60. The first-order chi connectivity index (χ1) is 10.6. The van der Waals surface area contributed by atoms with Crippen molar-refractivity contribution in [2.24, 2.45) is 0 Å². The number of hydrogen-bond donors (Lipinski definition) is 0. The summed E-state index contributed by atoms with van der Waals surface area (Å²) in [5, 5.41) is 3.29. The van der Waals surface area contributed by atoms with Crippen molar-refractivity contribution < 1.29 is 14.3 Å². The standard InChI is InChI=1S/C16H16ClNO3S/c1-3-8-20-11(2)16(19)21-9-12-10-22-15(18-12)13-6-4-5-7-14(13)17/h3-7,10-11H,1,8-9H2,2H3. The smallest absolute Gasteiger partial charge is 0.335 e. The van der Waals surface area contributed by atoms with Gasteiger partial charge in [0.2, 0.25) is 0 Å². The van der Waals surface area contributed by atoms with Crippen LogP contribution >= 0.6 is 22.9 Å². The van der Waals surface area contributed by atoms with E-state index >= 15 is 0 Å². The van der Waals surface area contributed by atoms with Gasteiger partial charge in [0.1, 0.15) is 11.6 Å². The lowest BCUT2D eigenvalue weighted by atomic mass is 10.2. The second kappa shape index (κ2) is 8.08. The maximum atomic E-state index is 11.7. The van der Waals surface area contributed by atoms with Gasteiger partial charge in [-0.1, -0.05) is 35.9 Å². The van der Waals surface area contributed by atoms with Crippen molar-refractivity contribution in [2.45, 2.75) is 19.6 Å². The van der Waals surface area contributed by atoms with E-state index in [0.717, 1.165) is 10.6 Å². The summed E-state index contributed by atoms with van der Waals surface area (Å²) in [7, 11) is 0. The topological polar surface area (TPSA) is 48.4 Å². The monoisotopic (exact) mass is 337 g/mol. The van der Waals surface area contributed by atoms with E-state index in [1.165, 1.54) is 11.3 Å². The molecule has 0 aliphatic heterocycles. The number of aromatic nitrogens is 1. The zero-order chi connectivity index (χ0) is 15.9. The first kappa shape index (κ1) is 16.7. The first-order valence-corrected chi connectivity index (χ1v) is 7.96. The maximum absolute atomic E-state index is 11.7. The fourth-order valence-corrected chi connectivity index (χ4v) is 2.80. The molecular weight excluding hydrogens is 322 g/mol. The molecule has 0 radical (unpaired) electrons. The Morgan fingerprint density at radius 3 is 3.00 bits per heavy atom. The predicted octanol–water partition coefficient (Wildman–Crippen LogP) is 4.10. The third kappa shape index (κ3) is 4.40. The van der Waals surface area contributed by atoms with Crippen molar-refractivity contribution in [3.8, 4) is 10.6 Å². The van der Waals surface area contributed by atoms with Gasteiger partial charge in [0.15, 0.2) is 6.10 Å². The van der Waals surface area contributed by atoms with Gasteiger partial charge in [-0.15, -0.1) is 17.9 Å². The van der Waals surface area contributed by atoms with Crippen LogP contribution < -0.4 is 0 Å². The number of carbonyl (C=O) groups is 1. The second-order valence-corrected chi connectivity index (χ2v) is 5.76. The van der Waals surface area contributed by atoms with Gasteiger partial charge in [0.05, 0.1) is 17.3 Å². The average Bonchev–Trinajstić information content (AvgIpc) is 2.99. The summed E-state index contributed by atoms with van der Waals surface area (Å²) in [4.78, 5) is 16.2. The first-order valence-electron chi connectivity index (χ1n) is 6.70. The number of rotatable bonds is 7. The summed E-state index contributed by atoms with van der Waals surface area (Å²) in [6.07, 6.45) is 0.958. The van der Waals surface area contributed by atoms with Gasteiger partial charge in [-0.05, 0) is 13.0 Å². The Morgan fingerprint density at radius 1 is 1.50 bits per heavy atom. The van der Waals surface area contributed by atoms with Crippen molar-refractivity contribution in [3.63, 3.8) is 0 Å². The van der Waals surface area contributed by atoms with Crippen LogP contribution in [0.1, 0.15) is 12.6 Å². The zero-order valence-electron chi connectivity index (χ0n) is 12.1. The van der Waals surface area contributed by atoms with Crippen LogP contribution in [0.3, 0.4) is 0 Å². The van der Waals surface area contributed by atoms with Crippen LogP contribution in [0.15, 0.2) is 42.3 Å². The molecule has 1 heterocycles. The molecule has 1 unspecified atom stereocenters. The van der Waals surface area contributed by atoms with Crippen LogP contribution in [-0.4, -0.2) is 23.7 Å². The number of carbonyl (C=O) groups excluding carboxylic acids is 1. The number of nitrogens with zero attached hydrogens (tertiary/aromatic N) is 1. The highest BCUT2D eigenvalue weighted by molar-refractivity contribution is 7.13. The van der Waals surface area contributed by atoms with Crippen LogP contribution in [0.2, 0.25) is 5.02 Å². The summed E-state index contributed by atoms with van der Waals surface area (Å²) < 4.78 is 10.4. The number of ether oxygens (including phenoxy) is 2. The number of halogens is 1. The van der Waals surface area contributed by atoms with Crippen LogP contribution in [0.25, 0.3) is 10.6 Å². The molecule has 1 atom stereocenters. The molecule has 0 saturated carbocycles. The molecule has 0 saturated heterocycles. The summed E-state index contributed by atoms with van der Waals surface area (Å²) in [6.45, 7) is 5.59. The third-order valence-electron chi connectivity index (χ3n) is 2.81. The SMILES string of the molecule is C=CCOC(C)C(=O)OCc1csc(-c2ccccc2Cl)n1. The fraction of sp³-hybridized carbons (Fsp3) is 0.250. The fourth-order valence-electron chi connectivity index (χ4n) is 1.67. The molecule has 4 nitrogen and oxygen atoms in total. The van der Waals surface area contributed by atoms with E-state index in [1.807, 2.05) is 29.6 Å². The Morgan fingerprint density at radius 2 is 2.27 bits per heavy atom. The van der Waals surface area contributed by atoms with E-state index in [-0.39, 0.29) is 6.61 Å². The maximum Gasteiger partial charge on any atom is 0.335 e. The molecular formula is C16H16ClNO3S. The molecule has 116 valence electrons. The predicted molar refractivity (Wildman–Crippen MR) is 88.0 cm³/mol. The minimum atomic E-state index is -0.625. The Hall–Kier alpha value is -1.69. The molecule has 0 aliphatic carbocycles. The summed E-state index contributed by atoms with van der Waals surface area (Å²) in [5.74, 6) is -0.422. The molecule has 1 aromatic heterocycles. The summed E-state index contributed by atoms with van der Waals surface area (Å²) in [5.41, 5.74) is 1.55. The van der Waals surface area contributed by atoms with Crippen molar-refractivity contribution in [3.05, 3.63) is 53.0 Å².